The van der Waals surface area contributed by atoms with E-state index in [4.69, 9.17) is 11.6 Å². The lowest BCUT2D eigenvalue weighted by Gasteiger charge is -2.06. The van der Waals surface area contributed by atoms with Gasteiger partial charge in [-0.1, -0.05) is 6.07 Å². The highest BCUT2D eigenvalue weighted by Crippen LogP contribution is 2.17. The molecule has 0 aliphatic heterocycles. The largest absolute Gasteiger partial charge is 0.325 e. The number of hydrogen-bond donors (Lipinski definition) is 1. The van der Waals surface area contributed by atoms with E-state index < -0.39 is 0 Å². The molecule has 104 valence electrons. The van der Waals surface area contributed by atoms with Crippen LogP contribution in [-0.4, -0.2) is 24.9 Å². The van der Waals surface area contributed by atoms with Crippen LogP contribution in [0.15, 0.2) is 42.7 Å². The van der Waals surface area contributed by atoms with Crippen molar-refractivity contribution >= 4 is 23.2 Å². The number of aromatic nitrogens is 5. The van der Waals surface area contributed by atoms with Crippen molar-refractivity contribution in [1.29, 1.82) is 0 Å². The van der Waals surface area contributed by atoms with Gasteiger partial charge in [0.15, 0.2) is 5.82 Å². The van der Waals surface area contributed by atoms with Gasteiger partial charge in [0.1, 0.15) is 17.3 Å². The zero-order valence-corrected chi connectivity index (χ0v) is 11.9. The van der Waals surface area contributed by atoms with E-state index in [1.165, 1.54) is 0 Å². The Morgan fingerprint density at radius 2 is 1.67 bits per heavy atom. The molecule has 21 heavy (non-hydrogen) atoms. The summed E-state index contributed by atoms with van der Waals surface area (Å²) in [7, 11) is 0. The number of rotatable bonds is 3. The van der Waals surface area contributed by atoms with E-state index >= 15 is 0 Å². The summed E-state index contributed by atoms with van der Waals surface area (Å²) in [6.45, 7) is 1.93. The number of halogens is 1. The molecule has 3 aromatic rings. The lowest BCUT2D eigenvalue weighted by molar-refractivity contribution is 1.10. The van der Waals surface area contributed by atoms with E-state index in [1.807, 2.05) is 25.1 Å². The normalized spacial score (nSPS) is 10.4. The summed E-state index contributed by atoms with van der Waals surface area (Å²) < 4.78 is 0. The van der Waals surface area contributed by atoms with Crippen molar-refractivity contribution in [3.63, 3.8) is 0 Å². The maximum atomic E-state index is 5.75. The zero-order valence-electron chi connectivity index (χ0n) is 11.2. The minimum absolute atomic E-state index is 0.176. The second-order valence-corrected chi connectivity index (χ2v) is 4.60. The van der Waals surface area contributed by atoms with Crippen molar-refractivity contribution < 1.29 is 0 Å². The molecule has 7 heteroatoms. The molecule has 3 heterocycles. The summed E-state index contributed by atoms with van der Waals surface area (Å²) in [5.74, 6) is 1.72. The Hall–Kier alpha value is -2.60. The third-order valence-corrected chi connectivity index (χ3v) is 2.84. The molecule has 0 bridgehead atoms. The predicted molar refractivity (Wildman–Crippen MR) is 80.3 cm³/mol. The van der Waals surface area contributed by atoms with Crippen LogP contribution >= 0.6 is 11.6 Å². The van der Waals surface area contributed by atoms with Crippen LogP contribution in [0.3, 0.4) is 0 Å². The van der Waals surface area contributed by atoms with Crippen molar-refractivity contribution in [3.8, 4) is 11.5 Å². The number of pyridine rings is 1. The fraction of sp³-hybridized carbons (Fsp3) is 0.0714. The van der Waals surface area contributed by atoms with E-state index in [2.05, 4.69) is 30.2 Å². The summed E-state index contributed by atoms with van der Waals surface area (Å²) in [4.78, 5) is 20.9. The molecule has 6 nitrogen and oxygen atoms in total. The summed E-state index contributed by atoms with van der Waals surface area (Å²) >= 11 is 5.75. The van der Waals surface area contributed by atoms with Crippen LogP contribution in [0.4, 0.5) is 11.6 Å². The lowest BCUT2D eigenvalue weighted by Crippen LogP contribution is -2.00. The fourth-order valence-corrected chi connectivity index (χ4v) is 1.90. The van der Waals surface area contributed by atoms with Crippen LogP contribution in [0, 0.1) is 6.92 Å². The molecular weight excluding hydrogens is 288 g/mol. The molecule has 0 unspecified atom stereocenters. The van der Waals surface area contributed by atoms with Crippen LogP contribution in [0.2, 0.25) is 5.28 Å². The van der Waals surface area contributed by atoms with Crippen molar-refractivity contribution in [2.75, 3.05) is 5.32 Å². The van der Waals surface area contributed by atoms with Gasteiger partial charge < -0.3 is 5.32 Å². The van der Waals surface area contributed by atoms with E-state index in [9.17, 15) is 0 Å². The monoisotopic (exact) mass is 298 g/mol. The van der Waals surface area contributed by atoms with Gasteiger partial charge in [0.05, 0.1) is 0 Å². The van der Waals surface area contributed by atoms with Gasteiger partial charge in [0.25, 0.3) is 0 Å². The molecule has 0 saturated heterocycles. The quantitative estimate of drug-likeness (QED) is 0.749. The first-order chi connectivity index (χ1) is 10.2. The van der Waals surface area contributed by atoms with E-state index in [-0.39, 0.29) is 5.28 Å². The first-order valence-electron chi connectivity index (χ1n) is 6.23. The van der Waals surface area contributed by atoms with Gasteiger partial charge in [-0.3, -0.25) is 0 Å². The zero-order chi connectivity index (χ0) is 14.7. The van der Waals surface area contributed by atoms with Gasteiger partial charge in [-0.15, -0.1) is 0 Å². The van der Waals surface area contributed by atoms with Crippen LogP contribution in [0.5, 0.6) is 0 Å². The van der Waals surface area contributed by atoms with Gasteiger partial charge in [0.2, 0.25) is 5.28 Å². The lowest BCUT2D eigenvalue weighted by atomic mass is 10.3. The molecule has 0 radical (unpaired) electrons. The Morgan fingerprint density at radius 1 is 0.905 bits per heavy atom. The minimum atomic E-state index is 0.176. The van der Waals surface area contributed by atoms with Gasteiger partial charge in [0, 0.05) is 18.1 Å². The molecule has 3 rings (SSSR count). The van der Waals surface area contributed by atoms with E-state index in [1.54, 1.807) is 24.5 Å². The van der Waals surface area contributed by atoms with Crippen molar-refractivity contribution in [3.05, 3.63) is 53.7 Å². The second-order valence-electron chi connectivity index (χ2n) is 4.27. The molecule has 0 saturated carbocycles. The van der Waals surface area contributed by atoms with E-state index in [0.717, 1.165) is 11.4 Å². The number of aryl methyl sites for hydroxylation is 1. The summed E-state index contributed by atoms with van der Waals surface area (Å²) in [5.41, 5.74) is 1.64. The molecule has 0 aliphatic rings. The molecule has 0 amide bonds. The molecule has 1 N–H and O–H groups in total. The van der Waals surface area contributed by atoms with Crippen molar-refractivity contribution in [1.82, 2.24) is 24.9 Å². The maximum Gasteiger partial charge on any atom is 0.224 e. The van der Waals surface area contributed by atoms with Crippen LogP contribution in [-0.2, 0) is 0 Å². The number of nitrogens with one attached hydrogen (secondary N) is 1. The average Bonchev–Trinajstić information content (AvgIpc) is 2.47. The highest BCUT2D eigenvalue weighted by Gasteiger charge is 2.05. The van der Waals surface area contributed by atoms with Gasteiger partial charge in [-0.2, -0.15) is 0 Å². The Balaban J connectivity index is 1.90. The Labute approximate surface area is 126 Å². The van der Waals surface area contributed by atoms with Crippen LogP contribution in [0.25, 0.3) is 11.5 Å². The number of anilines is 2. The van der Waals surface area contributed by atoms with E-state index in [0.29, 0.717) is 17.5 Å². The summed E-state index contributed by atoms with van der Waals surface area (Å²) in [5, 5.41) is 3.23. The Morgan fingerprint density at radius 3 is 2.43 bits per heavy atom. The highest BCUT2D eigenvalue weighted by atomic mass is 35.5. The topological polar surface area (TPSA) is 76.5 Å². The fourth-order valence-electron chi connectivity index (χ4n) is 1.76. The summed E-state index contributed by atoms with van der Waals surface area (Å²) in [6.07, 6.45) is 3.24. The first kappa shape index (κ1) is 13.4. The van der Waals surface area contributed by atoms with Crippen LogP contribution < -0.4 is 5.32 Å². The van der Waals surface area contributed by atoms with Crippen molar-refractivity contribution in [2.45, 2.75) is 6.92 Å². The smallest absolute Gasteiger partial charge is 0.224 e. The minimum Gasteiger partial charge on any atom is -0.325 e. The summed E-state index contributed by atoms with van der Waals surface area (Å²) in [6, 6.07) is 9.17. The molecule has 0 spiro atoms. The molecule has 0 aromatic carbocycles. The number of hydrogen-bond acceptors (Lipinski definition) is 6. The van der Waals surface area contributed by atoms with Crippen LogP contribution in [0.1, 0.15) is 5.69 Å². The van der Waals surface area contributed by atoms with Gasteiger partial charge in [-0.05, 0) is 42.8 Å². The Kier molecular flexibility index (Phi) is 3.70. The SMILES string of the molecule is Cc1cccc(-c2nccc(Nc3ccnc(Cl)n3)n2)n1. The molecular formula is C14H11ClN6. The third-order valence-electron chi connectivity index (χ3n) is 2.66. The first-order valence-corrected chi connectivity index (χ1v) is 6.61. The van der Waals surface area contributed by atoms with Gasteiger partial charge in [-0.25, -0.2) is 24.9 Å². The molecule has 0 atom stereocenters. The molecule has 3 aromatic heterocycles. The highest BCUT2D eigenvalue weighted by molar-refractivity contribution is 6.28. The molecule has 0 fully saturated rings. The van der Waals surface area contributed by atoms with Gasteiger partial charge >= 0.3 is 0 Å². The predicted octanol–water partition coefficient (Wildman–Crippen LogP) is 3.03. The standard InChI is InChI=1S/C14H11ClN6/c1-9-3-2-4-10(18-9)13-16-7-5-11(20-13)19-12-6-8-17-14(15)21-12/h2-8H,1H3,(H,16,17,19,20,21). The Bertz CT molecular complexity index is 777. The number of nitrogens with zero attached hydrogens (tertiary/aromatic N) is 5. The third kappa shape index (κ3) is 3.29. The maximum absolute atomic E-state index is 5.75. The average molecular weight is 299 g/mol. The molecule has 0 aliphatic carbocycles. The van der Waals surface area contributed by atoms with Crippen molar-refractivity contribution in [2.24, 2.45) is 0 Å². The second kappa shape index (κ2) is 5.80.